The normalized spacial score (nSPS) is 19.1. The zero-order chi connectivity index (χ0) is 14.7. The predicted molar refractivity (Wildman–Crippen MR) is 78.2 cm³/mol. The molecule has 0 aromatic heterocycles. The monoisotopic (exact) mass is 274 g/mol. The highest BCUT2D eigenvalue weighted by atomic mass is 16.2. The van der Waals surface area contributed by atoms with Crippen LogP contribution >= 0.6 is 0 Å². The van der Waals surface area contributed by atoms with Gasteiger partial charge < -0.3 is 10.2 Å². The molecule has 1 aromatic rings. The van der Waals surface area contributed by atoms with E-state index in [1.54, 1.807) is 4.90 Å². The molecule has 2 amide bonds. The average Bonchev–Trinajstić information content (AvgIpc) is 2.39. The van der Waals surface area contributed by atoms with E-state index in [2.05, 4.69) is 31.3 Å². The van der Waals surface area contributed by atoms with Gasteiger partial charge in [-0.05, 0) is 37.0 Å². The first-order chi connectivity index (χ1) is 9.51. The Morgan fingerprint density at radius 2 is 2.00 bits per heavy atom. The lowest BCUT2D eigenvalue weighted by atomic mass is 10.0. The molecule has 1 aliphatic rings. The zero-order valence-electron chi connectivity index (χ0n) is 12.4. The number of carbonyl (C=O) groups is 2. The summed E-state index contributed by atoms with van der Waals surface area (Å²) in [6.07, 6.45) is 1.59. The molecule has 1 aliphatic heterocycles. The summed E-state index contributed by atoms with van der Waals surface area (Å²) in [6, 6.07) is 5.82. The van der Waals surface area contributed by atoms with Crippen LogP contribution < -0.4 is 5.32 Å². The van der Waals surface area contributed by atoms with Gasteiger partial charge in [0.25, 0.3) is 0 Å². The van der Waals surface area contributed by atoms with Crippen LogP contribution in [0.5, 0.6) is 0 Å². The van der Waals surface area contributed by atoms with Gasteiger partial charge in [0.05, 0.1) is 6.54 Å². The summed E-state index contributed by atoms with van der Waals surface area (Å²) in [7, 11) is 0. The third-order valence-corrected chi connectivity index (χ3v) is 3.80. The molecule has 1 saturated heterocycles. The van der Waals surface area contributed by atoms with Crippen molar-refractivity contribution in [3.05, 3.63) is 34.9 Å². The molecule has 0 aliphatic carbocycles. The molecule has 1 aromatic carbocycles. The molecule has 0 spiro atoms. The quantitative estimate of drug-likeness (QED) is 0.912. The Morgan fingerprint density at radius 3 is 2.65 bits per heavy atom. The van der Waals surface area contributed by atoms with Gasteiger partial charge in [-0.2, -0.15) is 0 Å². The highest BCUT2D eigenvalue weighted by Gasteiger charge is 2.31. The molecule has 1 unspecified atom stereocenters. The van der Waals surface area contributed by atoms with Crippen LogP contribution in [0, 0.1) is 13.8 Å². The Kier molecular flexibility index (Phi) is 4.42. The minimum atomic E-state index is -0.354. The predicted octanol–water partition coefficient (Wildman–Crippen LogP) is 1.93. The lowest BCUT2D eigenvalue weighted by Gasteiger charge is -2.32. The number of hydrogen-bond donors (Lipinski definition) is 1. The van der Waals surface area contributed by atoms with Crippen molar-refractivity contribution >= 4 is 11.8 Å². The molecule has 1 heterocycles. The lowest BCUT2D eigenvalue weighted by molar-refractivity contribution is -0.145. The Bertz CT molecular complexity index is 525. The van der Waals surface area contributed by atoms with E-state index in [1.165, 1.54) is 11.1 Å². The van der Waals surface area contributed by atoms with E-state index in [-0.39, 0.29) is 24.4 Å². The number of nitrogens with zero attached hydrogens (tertiary/aromatic N) is 1. The largest absolute Gasteiger partial charge is 0.343 e. The number of nitrogens with one attached hydrogen (secondary N) is 1. The molecule has 1 fully saturated rings. The van der Waals surface area contributed by atoms with Crippen molar-refractivity contribution in [2.24, 2.45) is 0 Å². The van der Waals surface area contributed by atoms with Crippen molar-refractivity contribution in [3.8, 4) is 0 Å². The van der Waals surface area contributed by atoms with E-state index in [9.17, 15) is 9.59 Å². The van der Waals surface area contributed by atoms with E-state index in [1.807, 2.05) is 13.0 Å². The fourth-order valence-electron chi connectivity index (χ4n) is 2.51. The van der Waals surface area contributed by atoms with Gasteiger partial charge in [0.2, 0.25) is 11.8 Å². The molecule has 1 atom stereocenters. The number of hydrogen-bond acceptors (Lipinski definition) is 2. The Hall–Kier alpha value is -1.84. The van der Waals surface area contributed by atoms with Gasteiger partial charge >= 0.3 is 0 Å². The summed E-state index contributed by atoms with van der Waals surface area (Å²) in [6.45, 7) is 6.81. The Labute approximate surface area is 120 Å². The molecule has 20 heavy (non-hydrogen) atoms. The Morgan fingerprint density at radius 1 is 1.25 bits per heavy atom. The van der Waals surface area contributed by atoms with Crippen LogP contribution in [0.3, 0.4) is 0 Å². The minimum absolute atomic E-state index is 0.0321. The summed E-state index contributed by atoms with van der Waals surface area (Å²) < 4.78 is 0. The first-order valence-electron chi connectivity index (χ1n) is 7.15. The summed E-state index contributed by atoms with van der Waals surface area (Å²) in [4.78, 5) is 25.7. The maximum absolute atomic E-state index is 12.3. The minimum Gasteiger partial charge on any atom is -0.343 e. The van der Waals surface area contributed by atoms with Gasteiger partial charge in [0.1, 0.15) is 6.04 Å². The van der Waals surface area contributed by atoms with E-state index >= 15 is 0 Å². The number of rotatable bonds is 4. The van der Waals surface area contributed by atoms with Crippen molar-refractivity contribution in [2.75, 3.05) is 6.54 Å². The maximum Gasteiger partial charge on any atom is 0.245 e. The summed E-state index contributed by atoms with van der Waals surface area (Å²) >= 11 is 0. The molecule has 4 nitrogen and oxygen atoms in total. The fourth-order valence-corrected chi connectivity index (χ4v) is 2.51. The maximum atomic E-state index is 12.3. The highest BCUT2D eigenvalue weighted by molar-refractivity contribution is 5.94. The summed E-state index contributed by atoms with van der Waals surface area (Å²) in [5.74, 6) is -0.0310. The van der Waals surface area contributed by atoms with E-state index in [0.717, 1.165) is 12.0 Å². The van der Waals surface area contributed by atoms with Crippen molar-refractivity contribution in [2.45, 2.75) is 46.2 Å². The van der Waals surface area contributed by atoms with Gasteiger partial charge in [-0.25, -0.2) is 0 Å². The van der Waals surface area contributed by atoms with Crippen molar-refractivity contribution in [1.29, 1.82) is 0 Å². The standard InChI is InChI=1S/C16H22N2O2/c1-4-5-14-16(20)18(10-15(19)17-14)9-13-7-6-11(2)12(3)8-13/h6-8,14H,4-5,9-10H2,1-3H3,(H,17,19). The Balaban J connectivity index is 2.12. The molecular formula is C16H22N2O2. The zero-order valence-corrected chi connectivity index (χ0v) is 12.4. The molecule has 0 radical (unpaired) electrons. The topological polar surface area (TPSA) is 49.4 Å². The summed E-state index contributed by atoms with van der Waals surface area (Å²) in [5, 5.41) is 2.77. The SMILES string of the molecule is CCCC1NC(=O)CN(Cc2ccc(C)c(C)c2)C1=O. The number of piperazine rings is 1. The molecule has 0 bridgehead atoms. The first kappa shape index (κ1) is 14.6. The molecule has 2 rings (SSSR count). The number of carbonyl (C=O) groups excluding carboxylic acids is 2. The fraction of sp³-hybridized carbons (Fsp3) is 0.500. The van der Waals surface area contributed by atoms with Crippen LogP contribution in [-0.4, -0.2) is 29.3 Å². The second-order valence-corrected chi connectivity index (χ2v) is 5.52. The van der Waals surface area contributed by atoms with Crippen molar-refractivity contribution < 1.29 is 9.59 Å². The van der Waals surface area contributed by atoms with Gasteiger partial charge in [-0.1, -0.05) is 31.5 Å². The van der Waals surface area contributed by atoms with Crippen LogP contribution in [-0.2, 0) is 16.1 Å². The van der Waals surface area contributed by atoms with Crippen LogP contribution in [0.25, 0.3) is 0 Å². The molecule has 108 valence electrons. The van der Waals surface area contributed by atoms with Crippen LogP contribution in [0.2, 0.25) is 0 Å². The van der Waals surface area contributed by atoms with E-state index in [4.69, 9.17) is 0 Å². The van der Waals surface area contributed by atoms with Gasteiger partial charge in [0.15, 0.2) is 0 Å². The van der Waals surface area contributed by atoms with E-state index in [0.29, 0.717) is 13.0 Å². The molecule has 0 saturated carbocycles. The molecule has 1 N–H and O–H groups in total. The number of aryl methyl sites for hydroxylation is 2. The smallest absolute Gasteiger partial charge is 0.245 e. The van der Waals surface area contributed by atoms with Crippen molar-refractivity contribution in [1.82, 2.24) is 10.2 Å². The van der Waals surface area contributed by atoms with Crippen LogP contribution in [0.15, 0.2) is 18.2 Å². The number of amides is 2. The summed E-state index contributed by atoms with van der Waals surface area (Å²) in [5.41, 5.74) is 3.52. The lowest BCUT2D eigenvalue weighted by Crippen LogP contribution is -2.57. The highest BCUT2D eigenvalue weighted by Crippen LogP contribution is 2.15. The third-order valence-electron chi connectivity index (χ3n) is 3.80. The first-order valence-corrected chi connectivity index (χ1v) is 7.15. The van der Waals surface area contributed by atoms with Gasteiger partial charge in [-0.15, -0.1) is 0 Å². The third kappa shape index (κ3) is 3.18. The van der Waals surface area contributed by atoms with Crippen LogP contribution in [0.1, 0.15) is 36.5 Å². The van der Waals surface area contributed by atoms with Gasteiger partial charge in [-0.3, -0.25) is 9.59 Å². The average molecular weight is 274 g/mol. The van der Waals surface area contributed by atoms with Crippen molar-refractivity contribution in [3.63, 3.8) is 0 Å². The molecular weight excluding hydrogens is 252 g/mol. The van der Waals surface area contributed by atoms with Gasteiger partial charge in [0, 0.05) is 6.54 Å². The molecule has 4 heteroatoms. The van der Waals surface area contributed by atoms with Crippen LogP contribution in [0.4, 0.5) is 0 Å². The number of benzene rings is 1. The second-order valence-electron chi connectivity index (χ2n) is 5.52. The second kappa shape index (κ2) is 6.07. The van der Waals surface area contributed by atoms with E-state index < -0.39 is 0 Å².